The lowest BCUT2D eigenvalue weighted by Gasteiger charge is -2.04. The van der Waals surface area contributed by atoms with Gasteiger partial charge in [-0.25, -0.2) is 4.98 Å². The van der Waals surface area contributed by atoms with E-state index in [4.69, 9.17) is 4.74 Å². The van der Waals surface area contributed by atoms with Crippen LogP contribution in [0, 0.1) is 0 Å². The minimum atomic E-state index is -0.201. The van der Waals surface area contributed by atoms with Crippen molar-refractivity contribution >= 4 is 22.4 Å². The molecule has 3 aromatic rings. The Bertz CT molecular complexity index is 784. The van der Waals surface area contributed by atoms with Gasteiger partial charge in [0, 0.05) is 11.8 Å². The fourth-order valence-electron chi connectivity index (χ4n) is 2.00. The summed E-state index contributed by atoms with van der Waals surface area (Å²) in [5.74, 6) is 0.449. The Labute approximate surface area is 132 Å². The monoisotopic (exact) mass is 310 g/mol. The van der Waals surface area contributed by atoms with E-state index in [9.17, 15) is 4.79 Å². The van der Waals surface area contributed by atoms with Crippen molar-refractivity contribution in [1.29, 1.82) is 0 Å². The van der Waals surface area contributed by atoms with Crippen molar-refractivity contribution in [2.75, 3.05) is 12.4 Å². The summed E-state index contributed by atoms with van der Waals surface area (Å²) < 4.78 is 5.12. The number of rotatable bonds is 4. The zero-order valence-corrected chi connectivity index (χ0v) is 12.8. The van der Waals surface area contributed by atoms with Crippen LogP contribution in [-0.4, -0.2) is 18.0 Å². The van der Waals surface area contributed by atoms with Crippen molar-refractivity contribution < 1.29 is 9.53 Å². The van der Waals surface area contributed by atoms with Gasteiger partial charge in [-0.2, -0.15) is 0 Å². The molecule has 1 aromatic heterocycles. The normalized spacial score (nSPS) is 10.2. The number of aromatic nitrogens is 1. The van der Waals surface area contributed by atoms with Gasteiger partial charge in [-0.05, 0) is 23.8 Å². The molecule has 0 unspecified atom stereocenters. The van der Waals surface area contributed by atoms with E-state index in [2.05, 4.69) is 10.3 Å². The molecule has 0 saturated heterocycles. The third-order valence-electron chi connectivity index (χ3n) is 3.12. The molecule has 2 aromatic carbocycles. The fourth-order valence-corrected chi connectivity index (χ4v) is 2.82. The SMILES string of the molecule is COc1cccc(C(=O)Nc2ncc(-c3ccccc3)s2)c1. The average molecular weight is 310 g/mol. The fraction of sp³-hybridized carbons (Fsp3) is 0.0588. The highest BCUT2D eigenvalue weighted by Gasteiger charge is 2.10. The molecule has 0 atom stereocenters. The number of hydrogen-bond donors (Lipinski definition) is 1. The molecule has 4 nitrogen and oxygen atoms in total. The zero-order valence-electron chi connectivity index (χ0n) is 11.9. The van der Waals surface area contributed by atoms with Crippen LogP contribution in [0.3, 0.4) is 0 Å². The molecule has 1 amide bonds. The molecule has 3 rings (SSSR count). The van der Waals surface area contributed by atoms with Gasteiger partial charge in [-0.15, -0.1) is 0 Å². The molecule has 0 bridgehead atoms. The maximum Gasteiger partial charge on any atom is 0.257 e. The van der Waals surface area contributed by atoms with E-state index in [-0.39, 0.29) is 5.91 Å². The Hall–Kier alpha value is -2.66. The van der Waals surface area contributed by atoms with Crippen molar-refractivity contribution in [3.63, 3.8) is 0 Å². The lowest BCUT2D eigenvalue weighted by molar-refractivity contribution is 0.102. The summed E-state index contributed by atoms with van der Waals surface area (Å²) in [6.45, 7) is 0. The maximum absolute atomic E-state index is 12.2. The lowest BCUT2D eigenvalue weighted by atomic mass is 10.2. The Morgan fingerprint density at radius 3 is 2.73 bits per heavy atom. The molecular weight excluding hydrogens is 296 g/mol. The molecule has 1 heterocycles. The number of carbonyl (C=O) groups is 1. The van der Waals surface area contributed by atoms with Crippen LogP contribution >= 0.6 is 11.3 Å². The molecule has 1 N–H and O–H groups in total. The Morgan fingerprint density at radius 2 is 1.95 bits per heavy atom. The topological polar surface area (TPSA) is 51.2 Å². The number of nitrogens with one attached hydrogen (secondary N) is 1. The van der Waals surface area contributed by atoms with E-state index < -0.39 is 0 Å². The molecule has 0 radical (unpaired) electrons. The molecule has 0 fully saturated rings. The number of amides is 1. The number of thiazole rings is 1. The summed E-state index contributed by atoms with van der Waals surface area (Å²) in [7, 11) is 1.57. The van der Waals surface area contributed by atoms with Crippen molar-refractivity contribution in [2.45, 2.75) is 0 Å². The standard InChI is InChI=1S/C17H14N2O2S/c1-21-14-9-5-8-13(10-14)16(20)19-17-18-11-15(22-17)12-6-3-2-4-7-12/h2-11H,1H3,(H,18,19,20). The predicted molar refractivity (Wildman–Crippen MR) is 88.5 cm³/mol. The second-order valence-electron chi connectivity index (χ2n) is 4.58. The quantitative estimate of drug-likeness (QED) is 0.790. The van der Waals surface area contributed by atoms with E-state index in [0.717, 1.165) is 10.4 Å². The van der Waals surface area contributed by atoms with E-state index in [1.54, 1.807) is 37.6 Å². The summed E-state index contributed by atoms with van der Waals surface area (Å²) in [6.07, 6.45) is 1.77. The molecule has 5 heteroatoms. The smallest absolute Gasteiger partial charge is 0.257 e. The summed E-state index contributed by atoms with van der Waals surface area (Å²) in [5, 5.41) is 3.39. The third kappa shape index (κ3) is 3.15. The van der Waals surface area contributed by atoms with Crippen molar-refractivity contribution in [1.82, 2.24) is 4.98 Å². The van der Waals surface area contributed by atoms with Gasteiger partial charge < -0.3 is 4.74 Å². The molecule has 0 aliphatic heterocycles. The second-order valence-corrected chi connectivity index (χ2v) is 5.61. The van der Waals surface area contributed by atoms with Crippen molar-refractivity contribution in [3.8, 4) is 16.2 Å². The highest BCUT2D eigenvalue weighted by Crippen LogP contribution is 2.29. The van der Waals surface area contributed by atoms with Crippen LogP contribution in [0.25, 0.3) is 10.4 Å². The highest BCUT2D eigenvalue weighted by molar-refractivity contribution is 7.19. The maximum atomic E-state index is 12.2. The lowest BCUT2D eigenvalue weighted by Crippen LogP contribution is -2.11. The number of nitrogens with zero attached hydrogens (tertiary/aromatic N) is 1. The van der Waals surface area contributed by atoms with Crippen LogP contribution in [0.1, 0.15) is 10.4 Å². The van der Waals surface area contributed by atoms with Crippen molar-refractivity contribution in [3.05, 3.63) is 66.4 Å². The van der Waals surface area contributed by atoms with Crippen molar-refractivity contribution in [2.24, 2.45) is 0 Å². The van der Waals surface area contributed by atoms with Gasteiger partial charge in [-0.1, -0.05) is 47.7 Å². The molecule has 0 spiro atoms. The number of carbonyl (C=O) groups excluding carboxylic acids is 1. The summed E-state index contributed by atoms with van der Waals surface area (Å²) in [6, 6.07) is 17.0. The van der Waals surface area contributed by atoms with E-state index in [1.165, 1.54) is 11.3 Å². The third-order valence-corrected chi connectivity index (χ3v) is 4.08. The first kappa shape index (κ1) is 14.3. The molecule has 110 valence electrons. The number of anilines is 1. The molecule has 0 aliphatic carbocycles. The van der Waals surface area contributed by atoms with E-state index >= 15 is 0 Å². The number of benzene rings is 2. The summed E-state index contributed by atoms with van der Waals surface area (Å²) in [5.41, 5.74) is 1.62. The minimum absolute atomic E-state index is 0.201. The van der Waals surface area contributed by atoms with Gasteiger partial charge in [0.15, 0.2) is 5.13 Å². The van der Waals surface area contributed by atoms with Crippen LogP contribution in [0.5, 0.6) is 5.75 Å². The average Bonchev–Trinajstić information content (AvgIpc) is 3.04. The van der Waals surface area contributed by atoms with E-state index in [0.29, 0.717) is 16.4 Å². The highest BCUT2D eigenvalue weighted by atomic mass is 32.1. The summed E-state index contributed by atoms with van der Waals surface area (Å²) >= 11 is 1.44. The number of ether oxygens (including phenoxy) is 1. The van der Waals surface area contributed by atoms with Crippen LogP contribution in [-0.2, 0) is 0 Å². The van der Waals surface area contributed by atoms with Gasteiger partial charge in [-0.3, -0.25) is 10.1 Å². The van der Waals surface area contributed by atoms with Crippen LogP contribution in [0.15, 0.2) is 60.8 Å². The largest absolute Gasteiger partial charge is 0.497 e. The van der Waals surface area contributed by atoms with Gasteiger partial charge in [0.1, 0.15) is 5.75 Å². The molecule has 0 aliphatic rings. The second kappa shape index (κ2) is 6.41. The van der Waals surface area contributed by atoms with Crippen LogP contribution < -0.4 is 10.1 Å². The van der Waals surface area contributed by atoms with Crippen LogP contribution in [0.2, 0.25) is 0 Å². The Kier molecular flexibility index (Phi) is 4.16. The molecule has 22 heavy (non-hydrogen) atoms. The van der Waals surface area contributed by atoms with Crippen LogP contribution in [0.4, 0.5) is 5.13 Å². The summed E-state index contributed by atoms with van der Waals surface area (Å²) in [4.78, 5) is 17.5. The van der Waals surface area contributed by atoms with Gasteiger partial charge >= 0.3 is 0 Å². The first-order chi connectivity index (χ1) is 10.8. The minimum Gasteiger partial charge on any atom is -0.497 e. The van der Waals surface area contributed by atoms with Gasteiger partial charge in [0.05, 0.1) is 12.0 Å². The first-order valence-corrected chi connectivity index (χ1v) is 7.54. The number of hydrogen-bond acceptors (Lipinski definition) is 4. The van der Waals surface area contributed by atoms with Gasteiger partial charge in [0.25, 0.3) is 5.91 Å². The Balaban J connectivity index is 1.76. The number of methoxy groups -OCH3 is 1. The van der Waals surface area contributed by atoms with E-state index in [1.807, 2.05) is 30.3 Å². The molecular formula is C17H14N2O2S. The van der Waals surface area contributed by atoms with Gasteiger partial charge in [0.2, 0.25) is 0 Å². The zero-order chi connectivity index (χ0) is 15.4. The first-order valence-electron chi connectivity index (χ1n) is 6.73. The Morgan fingerprint density at radius 1 is 1.14 bits per heavy atom. The molecule has 0 saturated carbocycles. The predicted octanol–water partition coefficient (Wildman–Crippen LogP) is 4.07.